The molecule has 2 aromatic heterocycles. The highest BCUT2D eigenvalue weighted by atomic mass is 16.1. The van der Waals surface area contributed by atoms with Crippen molar-refractivity contribution in [1.82, 2.24) is 20.5 Å². The summed E-state index contributed by atoms with van der Waals surface area (Å²) < 4.78 is 0. The molecule has 0 saturated heterocycles. The number of aromatic nitrogens is 3. The number of hydrogen-bond acceptors (Lipinski definition) is 3. The van der Waals surface area contributed by atoms with Crippen LogP contribution in [0.2, 0.25) is 0 Å². The molecule has 2 aromatic rings. The summed E-state index contributed by atoms with van der Waals surface area (Å²) in [7, 11) is 0. The number of rotatable bonds is 4. The predicted molar refractivity (Wildman–Crippen MR) is 66.0 cm³/mol. The number of nitrogens with zero attached hydrogens (tertiary/aromatic N) is 2. The molecule has 1 aliphatic rings. The number of amides is 1. The maximum atomic E-state index is 11.9. The molecule has 5 heteroatoms. The van der Waals surface area contributed by atoms with Crippen molar-refractivity contribution in [3.05, 3.63) is 47.5 Å². The van der Waals surface area contributed by atoms with Gasteiger partial charge in [0.25, 0.3) is 5.91 Å². The van der Waals surface area contributed by atoms with Crippen LogP contribution >= 0.6 is 0 Å². The third kappa shape index (κ3) is 2.40. The van der Waals surface area contributed by atoms with Crippen LogP contribution in [0.25, 0.3) is 0 Å². The standard InChI is InChI=1S/C13H14N4O/c18-13(15-8-9-2-1-5-14-7-9)12-6-11(16-17-12)10-3-4-10/h1-2,5-7,10H,3-4,8H2,(H,15,18)(H,16,17). The summed E-state index contributed by atoms with van der Waals surface area (Å²) in [5.74, 6) is 0.430. The van der Waals surface area contributed by atoms with Gasteiger partial charge in [0.05, 0.1) is 0 Å². The van der Waals surface area contributed by atoms with Crippen molar-refractivity contribution in [2.24, 2.45) is 0 Å². The summed E-state index contributed by atoms with van der Waals surface area (Å²) >= 11 is 0. The summed E-state index contributed by atoms with van der Waals surface area (Å²) in [6.45, 7) is 0.471. The smallest absolute Gasteiger partial charge is 0.272 e. The normalized spacial score (nSPS) is 14.4. The Bertz CT molecular complexity index is 545. The number of nitrogens with one attached hydrogen (secondary N) is 2. The molecule has 0 spiro atoms. The number of hydrogen-bond donors (Lipinski definition) is 2. The van der Waals surface area contributed by atoms with Crippen LogP contribution in [-0.2, 0) is 6.54 Å². The van der Waals surface area contributed by atoms with Gasteiger partial charge in [0.1, 0.15) is 5.69 Å². The molecular formula is C13H14N4O. The molecule has 0 aliphatic heterocycles. The van der Waals surface area contributed by atoms with Crippen molar-refractivity contribution >= 4 is 5.91 Å². The van der Waals surface area contributed by atoms with E-state index in [2.05, 4.69) is 20.5 Å². The highest BCUT2D eigenvalue weighted by Crippen LogP contribution is 2.38. The Morgan fingerprint density at radius 2 is 2.39 bits per heavy atom. The molecule has 1 fully saturated rings. The minimum atomic E-state index is -0.151. The molecule has 0 aromatic carbocycles. The topological polar surface area (TPSA) is 70.7 Å². The summed E-state index contributed by atoms with van der Waals surface area (Å²) in [4.78, 5) is 15.9. The first kappa shape index (κ1) is 11.0. The average molecular weight is 242 g/mol. The van der Waals surface area contributed by atoms with Gasteiger partial charge >= 0.3 is 0 Å². The maximum absolute atomic E-state index is 11.9. The first-order chi connectivity index (χ1) is 8.83. The van der Waals surface area contributed by atoms with E-state index in [0.29, 0.717) is 18.2 Å². The monoisotopic (exact) mass is 242 g/mol. The first-order valence-corrected chi connectivity index (χ1v) is 6.05. The quantitative estimate of drug-likeness (QED) is 0.855. The van der Waals surface area contributed by atoms with E-state index in [1.165, 1.54) is 12.8 Å². The van der Waals surface area contributed by atoms with Gasteiger partial charge in [-0.3, -0.25) is 14.9 Å². The maximum Gasteiger partial charge on any atom is 0.272 e. The summed E-state index contributed by atoms with van der Waals surface area (Å²) in [5.41, 5.74) is 2.51. The minimum absolute atomic E-state index is 0.151. The summed E-state index contributed by atoms with van der Waals surface area (Å²) in [6, 6.07) is 5.62. The Kier molecular flexibility index (Phi) is 2.80. The number of carbonyl (C=O) groups is 1. The second-order valence-corrected chi connectivity index (χ2v) is 4.53. The van der Waals surface area contributed by atoms with Crippen LogP contribution in [-0.4, -0.2) is 21.1 Å². The van der Waals surface area contributed by atoms with E-state index >= 15 is 0 Å². The van der Waals surface area contributed by atoms with Crippen LogP contribution < -0.4 is 5.32 Å². The van der Waals surface area contributed by atoms with E-state index in [0.717, 1.165) is 11.3 Å². The molecule has 0 unspecified atom stereocenters. The second kappa shape index (κ2) is 4.60. The molecule has 1 saturated carbocycles. The van der Waals surface area contributed by atoms with E-state index in [1.807, 2.05) is 18.2 Å². The number of pyridine rings is 1. The van der Waals surface area contributed by atoms with Gasteiger partial charge in [-0.25, -0.2) is 0 Å². The van der Waals surface area contributed by atoms with Gasteiger partial charge in [0.15, 0.2) is 0 Å². The van der Waals surface area contributed by atoms with Gasteiger partial charge in [0.2, 0.25) is 0 Å². The fraction of sp³-hybridized carbons (Fsp3) is 0.308. The van der Waals surface area contributed by atoms with E-state index in [-0.39, 0.29) is 5.91 Å². The first-order valence-electron chi connectivity index (χ1n) is 6.05. The fourth-order valence-electron chi connectivity index (χ4n) is 1.83. The van der Waals surface area contributed by atoms with Crippen molar-refractivity contribution in [1.29, 1.82) is 0 Å². The molecule has 1 amide bonds. The molecule has 2 N–H and O–H groups in total. The van der Waals surface area contributed by atoms with E-state index < -0.39 is 0 Å². The molecule has 3 rings (SSSR count). The third-order valence-corrected chi connectivity index (χ3v) is 3.02. The van der Waals surface area contributed by atoms with Crippen LogP contribution in [0, 0.1) is 0 Å². The molecule has 18 heavy (non-hydrogen) atoms. The summed E-state index contributed by atoms with van der Waals surface area (Å²) in [6.07, 6.45) is 5.83. The van der Waals surface area contributed by atoms with E-state index in [4.69, 9.17) is 0 Å². The lowest BCUT2D eigenvalue weighted by molar-refractivity contribution is 0.0946. The minimum Gasteiger partial charge on any atom is -0.347 e. The predicted octanol–water partition coefficient (Wildman–Crippen LogP) is 1.61. The van der Waals surface area contributed by atoms with Gasteiger partial charge in [-0.1, -0.05) is 6.07 Å². The zero-order valence-corrected chi connectivity index (χ0v) is 9.89. The molecule has 0 bridgehead atoms. The van der Waals surface area contributed by atoms with Crippen LogP contribution in [0.15, 0.2) is 30.6 Å². The second-order valence-electron chi connectivity index (χ2n) is 4.53. The lowest BCUT2D eigenvalue weighted by Gasteiger charge is -2.02. The lowest BCUT2D eigenvalue weighted by atomic mass is 10.2. The largest absolute Gasteiger partial charge is 0.347 e. The molecule has 92 valence electrons. The summed E-state index contributed by atoms with van der Waals surface area (Å²) in [5, 5.41) is 9.79. The van der Waals surface area contributed by atoms with Gasteiger partial charge in [0, 0.05) is 30.6 Å². The molecule has 1 aliphatic carbocycles. The van der Waals surface area contributed by atoms with Gasteiger partial charge in [-0.2, -0.15) is 5.10 Å². The Morgan fingerprint density at radius 1 is 1.50 bits per heavy atom. The van der Waals surface area contributed by atoms with Crippen LogP contribution in [0.5, 0.6) is 0 Å². The SMILES string of the molecule is O=C(NCc1cccnc1)c1cc(C2CC2)[nH]n1. The van der Waals surface area contributed by atoms with Crippen LogP contribution in [0.1, 0.15) is 40.5 Å². The number of aromatic amines is 1. The molecule has 2 heterocycles. The molecule has 0 radical (unpaired) electrons. The van der Waals surface area contributed by atoms with Crippen LogP contribution in [0.4, 0.5) is 0 Å². The molecule has 5 nitrogen and oxygen atoms in total. The van der Waals surface area contributed by atoms with Gasteiger partial charge in [-0.15, -0.1) is 0 Å². The number of carbonyl (C=O) groups excluding carboxylic acids is 1. The Balaban J connectivity index is 1.60. The van der Waals surface area contributed by atoms with Crippen LogP contribution in [0.3, 0.4) is 0 Å². The fourth-order valence-corrected chi connectivity index (χ4v) is 1.83. The van der Waals surface area contributed by atoms with Gasteiger partial charge < -0.3 is 5.32 Å². The van der Waals surface area contributed by atoms with E-state index in [1.54, 1.807) is 12.4 Å². The third-order valence-electron chi connectivity index (χ3n) is 3.02. The molecular weight excluding hydrogens is 228 g/mol. The van der Waals surface area contributed by atoms with Crippen molar-refractivity contribution < 1.29 is 4.79 Å². The van der Waals surface area contributed by atoms with Crippen molar-refractivity contribution in [2.75, 3.05) is 0 Å². The number of H-pyrrole nitrogens is 1. The van der Waals surface area contributed by atoms with Crippen molar-refractivity contribution in [3.8, 4) is 0 Å². The highest BCUT2D eigenvalue weighted by Gasteiger charge is 2.26. The highest BCUT2D eigenvalue weighted by molar-refractivity contribution is 5.92. The zero-order chi connectivity index (χ0) is 12.4. The van der Waals surface area contributed by atoms with Crippen molar-refractivity contribution in [3.63, 3.8) is 0 Å². The Morgan fingerprint density at radius 3 is 3.11 bits per heavy atom. The average Bonchev–Trinajstić information content (AvgIpc) is 3.15. The van der Waals surface area contributed by atoms with Gasteiger partial charge in [-0.05, 0) is 30.5 Å². The van der Waals surface area contributed by atoms with E-state index in [9.17, 15) is 4.79 Å². The zero-order valence-electron chi connectivity index (χ0n) is 9.89. The lowest BCUT2D eigenvalue weighted by Crippen LogP contribution is -2.23. The Labute approximate surface area is 105 Å². The Hall–Kier alpha value is -2.17. The van der Waals surface area contributed by atoms with Crippen molar-refractivity contribution in [2.45, 2.75) is 25.3 Å². The molecule has 0 atom stereocenters.